The molecule has 6 nitrogen and oxygen atoms in total. The second kappa shape index (κ2) is 4.35. The standard InChI is InChI=1S/C20H22O6/c1-18-8-12(10-5-6-23-9-10)24-16(21)11(18)7-15-19(2)13(18)3-4-14-20(19,26-14)17(22)25-15/h5-6,9,11-15H,3-4,7-8H2,1-2H3/t11-,12-,13+,14-,15-,18+,19-,20+/m1/s1. The van der Waals surface area contributed by atoms with E-state index in [1.807, 2.05) is 6.07 Å². The molecule has 1 spiro atoms. The minimum absolute atomic E-state index is 0.0124. The van der Waals surface area contributed by atoms with Crippen LogP contribution in [0.3, 0.4) is 0 Å². The number of carbonyl (C=O) groups is 2. The van der Waals surface area contributed by atoms with Crippen molar-refractivity contribution in [1.82, 2.24) is 0 Å². The SMILES string of the molecule is C[C@]12C[C@H](c3ccoc3)OC(=O)[C@H]1C[C@H]1OC(=O)[C@@]34O[C@@H]3CC[C@@H]2[C@]14C. The van der Waals surface area contributed by atoms with Gasteiger partial charge in [0.2, 0.25) is 5.60 Å². The molecule has 0 amide bonds. The van der Waals surface area contributed by atoms with E-state index in [-0.39, 0.29) is 52.9 Å². The zero-order valence-electron chi connectivity index (χ0n) is 14.9. The Morgan fingerprint density at radius 2 is 1.96 bits per heavy atom. The molecule has 0 aromatic carbocycles. The van der Waals surface area contributed by atoms with Crippen LogP contribution in [0, 0.1) is 22.7 Å². The molecule has 5 aliphatic rings. The third-order valence-corrected chi connectivity index (χ3v) is 8.31. The summed E-state index contributed by atoms with van der Waals surface area (Å²) in [4.78, 5) is 25.6. The summed E-state index contributed by atoms with van der Waals surface area (Å²) >= 11 is 0. The highest BCUT2D eigenvalue weighted by molar-refractivity contribution is 5.88. The van der Waals surface area contributed by atoms with Crippen LogP contribution in [0.5, 0.6) is 0 Å². The van der Waals surface area contributed by atoms with Crippen molar-refractivity contribution in [3.05, 3.63) is 24.2 Å². The van der Waals surface area contributed by atoms with Crippen LogP contribution in [-0.4, -0.2) is 29.7 Å². The Bertz CT molecular complexity index is 816. The molecule has 0 radical (unpaired) electrons. The number of ether oxygens (including phenoxy) is 3. The average molecular weight is 358 g/mol. The lowest BCUT2D eigenvalue weighted by molar-refractivity contribution is -0.206. The molecule has 4 heterocycles. The van der Waals surface area contributed by atoms with E-state index in [0.29, 0.717) is 6.42 Å². The average Bonchev–Trinajstić information content (AvgIpc) is 3.03. The summed E-state index contributed by atoms with van der Waals surface area (Å²) in [6.07, 6.45) is 5.77. The fourth-order valence-electron chi connectivity index (χ4n) is 7.00. The first kappa shape index (κ1) is 15.3. The Morgan fingerprint density at radius 1 is 1.12 bits per heavy atom. The molecule has 6 rings (SSSR count). The molecule has 0 bridgehead atoms. The molecule has 1 aromatic heterocycles. The van der Waals surface area contributed by atoms with Gasteiger partial charge in [0.25, 0.3) is 0 Å². The van der Waals surface area contributed by atoms with Crippen LogP contribution in [0.15, 0.2) is 23.0 Å². The van der Waals surface area contributed by atoms with Crippen LogP contribution < -0.4 is 0 Å². The third-order valence-electron chi connectivity index (χ3n) is 8.31. The van der Waals surface area contributed by atoms with Crippen LogP contribution in [0.4, 0.5) is 0 Å². The number of hydrogen-bond acceptors (Lipinski definition) is 6. The first-order valence-corrected chi connectivity index (χ1v) is 9.53. The van der Waals surface area contributed by atoms with E-state index >= 15 is 0 Å². The quantitative estimate of drug-likeness (QED) is 0.567. The topological polar surface area (TPSA) is 78.3 Å². The molecule has 2 aliphatic carbocycles. The number of epoxide rings is 1. The van der Waals surface area contributed by atoms with E-state index in [2.05, 4.69) is 13.8 Å². The highest BCUT2D eigenvalue weighted by Gasteiger charge is 2.86. The fraction of sp³-hybridized carbons (Fsp3) is 0.700. The monoisotopic (exact) mass is 358 g/mol. The minimum atomic E-state index is -0.777. The van der Waals surface area contributed by atoms with Crippen LogP contribution in [0.2, 0.25) is 0 Å². The summed E-state index contributed by atoms with van der Waals surface area (Å²) in [5.74, 6) is -0.456. The summed E-state index contributed by atoms with van der Waals surface area (Å²) in [6, 6.07) is 1.86. The lowest BCUT2D eigenvalue weighted by atomic mass is 9.43. The summed E-state index contributed by atoms with van der Waals surface area (Å²) < 4.78 is 22.7. The van der Waals surface area contributed by atoms with E-state index in [1.165, 1.54) is 0 Å². The number of rotatable bonds is 1. The highest BCUT2D eigenvalue weighted by Crippen LogP contribution is 2.74. The second-order valence-corrected chi connectivity index (χ2v) is 9.13. The first-order valence-electron chi connectivity index (χ1n) is 9.53. The van der Waals surface area contributed by atoms with Gasteiger partial charge in [0.05, 0.1) is 30.0 Å². The Balaban J connectivity index is 1.46. The van der Waals surface area contributed by atoms with Gasteiger partial charge in [0, 0.05) is 5.56 Å². The van der Waals surface area contributed by atoms with E-state index < -0.39 is 5.60 Å². The second-order valence-electron chi connectivity index (χ2n) is 9.13. The molecule has 0 N–H and O–H groups in total. The molecule has 3 aliphatic heterocycles. The van der Waals surface area contributed by atoms with Gasteiger partial charge in [-0.3, -0.25) is 4.79 Å². The molecule has 1 aromatic rings. The van der Waals surface area contributed by atoms with Gasteiger partial charge in [-0.25, -0.2) is 4.79 Å². The van der Waals surface area contributed by atoms with Gasteiger partial charge in [-0.1, -0.05) is 13.8 Å². The van der Waals surface area contributed by atoms with Gasteiger partial charge in [-0.15, -0.1) is 0 Å². The molecule has 26 heavy (non-hydrogen) atoms. The lowest BCUT2D eigenvalue weighted by Crippen LogP contribution is -2.63. The molecule has 2 saturated carbocycles. The molecule has 3 saturated heterocycles. The molecular weight excluding hydrogens is 336 g/mol. The van der Waals surface area contributed by atoms with Crippen LogP contribution in [0.25, 0.3) is 0 Å². The number of furan rings is 1. The third kappa shape index (κ3) is 1.44. The number of fused-ring (bicyclic) bond motifs is 2. The summed E-state index contributed by atoms with van der Waals surface area (Å²) in [5.41, 5.74) is -0.492. The van der Waals surface area contributed by atoms with Crippen molar-refractivity contribution in [3.63, 3.8) is 0 Å². The normalized spacial score (nSPS) is 53.8. The van der Waals surface area contributed by atoms with Crippen LogP contribution >= 0.6 is 0 Å². The van der Waals surface area contributed by atoms with E-state index in [0.717, 1.165) is 24.8 Å². The van der Waals surface area contributed by atoms with Gasteiger partial charge in [0.1, 0.15) is 12.2 Å². The summed E-state index contributed by atoms with van der Waals surface area (Å²) in [6.45, 7) is 4.36. The van der Waals surface area contributed by atoms with Crippen molar-refractivity contribution in [3.8, 4) is 0 Å². The molecule has 0 unspecified atom stereocenters. The van der Waals surface area contributed by atoms with Crippen molar-refractivity contribution in [2.45, 2.75) is 63.4 Å². The maximum atomic E-state index is 12.9. The predicted octanol–water partition coefficient (Wildman–Crippen LogP) is 2.77. The number of esters is 2. The Morgan fingerprint density at radius 3 is 2.73 bits per heavy atom. The van der Waals surface area contributed by atoms with Crippen molar-refractivity contribution < 1.29 is 28.2 Å². The summed E-state index contributed by atoms with van der Waals surface area (Å²) in [5, 5.41) is 0. The van der Waals surface area contributed by atoms with Gasteiger partial charge < -0.3 is 18.6 Å². The van der Waals surface area contributed by atoms with E-state index in [4.69, 9.17) is 18.6 Å². The lowest BCUT2D eigenvalue weighted by Gasteiger charge is -2.59. The van der Waals surface area contributed by atoms with Crippen LogP contribution in [0.1, 0.15) is 51.2 Å². The zero-order chi connectivity index (χ0) is 17.9. The largest absolute Gasteiger partial charge is 0.472 e. The highest BCUT2D eigenvalue weighted by atomic mass is 16.7. The maximum absolute atomic E-state index is 12.9. The minimum Gasteiger partial charge on any atom is -0.472 e. The fourth-order valence-corrected chi connectivity index (χ4v) is 7.00. The van der Waals surface area contributed by atoms with Crippen molar-refractivity contribution in [2.24, 2.45) is 22.7 Å². The van der Waals surface area contributed by atoms with Crippen molar-refractivity contribution in [1.29, 1.82) is 0 Å². The zero-order valence-corrected chi connectivity index (χ0v) is 14.9. The number of cyclic esters (lactones) is 1. The molecule has 138 valence electrons. The Hall–Kier alpha value is -1.82. The molecule has 8 atom stereocenters. The maximum Gasteiger partial charge on any atom is 0.342 e. The number of carbonyl (C=O) groups excluding carboxylic acids is 2. The van der Waals surface area contributed by atoms with E-state index in [1.54, 1.807) is 12.5 Å². The predicted molar refractivity (Wildman–Crippen MR) is 86.7 cm³/mol. The van der Waals surface area contributed by atoms with Gasteiger partial charge in [0.15, 0.2) is 0 Å². The van der Waals surface area contributed by atoms with Gasteiger partial charge in [-0.05, 0) is 43.1 Å². The van der Waals surface area contributed by atoms with Gasteiger partial charge >= 0.3 is 11.9 Å². The van der Waals surface area contributed by atoms with Crippen molar-refractivity contribution >= 4 is 11.9 Å². The van der Waals surface area contributed by atoms with Crippen LogP contribution in [-0.2, 0) is 23.8 Å². The summed E-state index contributed by atoms with van der Waals surface area (Å²) in [7, 11) is 0. The molecular formula is C20H22O6. The smallest absolute Gasteiger partial charge is 0.342 e. The Labute approximate surface area is 151 Å². The van der Waals surface area contributed by atoms with E-state index in [9.17, 15) is 9.59 Å². The molecule has 6 heteroatoms. The van der Waals surface area contributed by atoms with Crippen molar-refractivity contribution in [2.75, 3.05) is 0 Å². The molecule has 5 fully saturated rings. The first-order chi connectivity index (χ1) is 12.4. The number of hydrogen-bond donors (Lipinski definition) is 0. The van der Waals surface area contributed by atoms with Gasteiger partial charge in [-0.2, -0.15) is 0 Å². The Kier molecular flexibility index (Phi) is 2.55.